The van der Waals surface area contributed by atoms with Crippen LogP contribution in [0.3, 0.4) is 0 Å². The van der Waals surface area contributed by atoms with Crippen molar-refractivity contribution in [1.29, 1.82) is 0 Å². The summed E-state index contributed by atoms with van der Waals surface area (Å²) in [5, 5.41) is 14.2. The number of nitrogens with one attached hydrogen (secondary N) is 2. The fourth-order valence-corrected chi connectivity index (χ4v) is 2.01. The molecular formula is C15H18N2O4. The summed E-state index contributed by atoms with van der Waals surface area (Å²) in [7, 11) is 0. The molecule has 0 spiro atoms. The highest BCUT2D eigenvalue weighted by Crippen LogP contribution is 2.45. The van der Waals surface area contributed by atoms with Gasteiger partial charge in [0.1, 0.15) is 5.41 Å². The van der Waals surface area contributed by atoms with Gasteiger partial charge in [-0.25, -0.2) is 0 Å². The molecule has 0 aliphatic heterocycles. The molecule has 1 fully saturated rings. The van der Waals surface area contributed by atoms with Gasteiger partial charge in [0.15, 0.2) is 0 Å². The maximum Gasteiger partial charge on any atom is 0.319 e. The van der Waals surface area contributed by atoms with Gasteiger partial charge in [0.05, 0.1) is 0 Å². The summed E-state index contributed by atoms with van der Waals surface area (Å²) in [5.74, 6) is -1.77. The molecule has 0 unspecified atom stereocenters. The van der Waals surface area contributed by atoms with Crippen LogP contribution in [0.1, 0.15) is 24.8 Å². The van der Waals surface area contributed by atoms with Crippen LogP contribution in [0.15, 0.2) is 30.3 Å². The van der Waals surface area contributed by atoms with Crippen LogP contribution in [-0.2, 0) is 20.9 Å². The molecule has 0 atom stereocenters. The van der Waals surface area contributed by atoms with Crippen LogP contribution < -0.4 is 10.6 Å². The van der Waals surface area contributed by atoms with E-state index >= 15 is 0 Å². The number of carbonyl (C=O) groups excluding carboxylic acids is 2. The van der Waals surface area contributed by atoms with Crippen molar-refractivity contribution in [3.05, 3.63) is 35.9 Å². The fraction of sp³-hybridized carbons (Fsp3) is 0.400. The summed E-state index contributed by atoms with van der Waals surface area (Å²) in [6, 6.07) is 9.50. The SMILES string of the molecule is O=C(CCNC(=O)C1(C(=O)O)CC1)NCc1ccccc1. The summed E-state index contributed by atoms with van der Waals surface area (Å²) < 4.78 is 0. The van der Waals surface area contributed by atoms with Gasteiger partial charge in [-0.3, -0.25) is 14.4 Å². The standard InChI is InChI=1S/C15H18N2O4/c18-12(17-10-11-4-2-1-3-5-11)6-9-16-13(19)15(7-8-15)14(20)21/h1-5H,6-10H2,(H,16,19)(H,17,18)(H,20,21). The molecule has 1 saturated carbocycles. The summed E-state index contributed by atoms with van der Waals surface area (Å²) in [6.45, 7) is 0.584. The van der Waals surface area contributed by atoms with Gasteiger partial charge in [0, 0.05) is 19.5 Å². The fourth-order valence-electron chi connectivity index (χ4n) is 2.01. The molecule has 1 aliphatic rings. The second kappa shape index (κ2) is 6.39. The second-order valence-electron chi connectivity index (χ2n) is 5.16. The van der Waals surface area contributed by atoms with Crippen molar-refractivity contribution in [2.75, 3.05) is 6.54 Å². The van der Waals surface area contributed by atoms with Crippen molar-refractivity contribution in [1.82, 2.24) is 10.6 Å². The summed E-state index contributed by atoms with van der Waals surface area (Å²) in [4.78, 5) is 34.3. The smallest absolute Gasteiger partial charge is 0.319 e. The highest BCUT2D eigenvalue weighted by atomic mass is 16.4. The minimum Gasteiger partial charge on any atom is -0.480 e. The predicted octanol–water partition coefficient (Wildman–Crippen LogP) is 0.674. The third kappa shape index (κ3) is 3.81. The van der Waals surface area contributed by atoms with Crippen LogP contribution in [0.4, 0.5) is 0 Å². The average molecular weight is 290 g/mol. The lowest BCUT2D eigenvalue weighted by atomic mass is 10.1. The van der Waals surface area contributed by atoms with E-state index in [1.54, 1.807) is 0 Å². The van der Waals surface area contributed by atoms with E-state index in [0.29, 0.717) is 19.4 Å². The lowest BCUT2D eigenvalue weighted by Crippen LogP contribution is -2.38. The molecule has 0 radical (unpaired) electrons. The number of aliphatic carboxylic acids is 1. The van der Waals surface area contributed by atoms with Crippen molar-refractivity contribution in [3.63, 3.8) is 0 Å². The van der Waals surface area contributed by atoms with Crippen molar-refractivity contribution in [3.8, 4) is 0 Å². The number of hydrogen-bond acceptors (Lipinski definition) is 3. The van der Waals surface area contributed by atoms with E-state index in [9.17, 15) is 14.4 Å². The Morgan fingerprint density at radius 3 is 2.33 bits per heavy atom. The van der Waals surface area contributed by atoms with E-state index in [4.69, 9.17) is 5.11 Å². The van der Waals surface area contributed by atoms with Crippen molar-refractivity contribution >= 4 is 17.8 Å². The van der Waals surface area contributed by atoms with Crippen LogP contribution in [0.2, 0.25) is 0 Å². The lowest BCUT2D eigenvalue weighted by Gasteiger charge is -2.10. The second-order valence-corrected chi connectivity index (χ2v) is 5.16. The van der Waals surface area contributed by atoms with Gasteiger partial charge in [-0.1, -0.05) is 30.3 Å². The minimum atomic E-state index is -1.25. The first kappa shape index (κ1) is 15.0. The Kier molecular flexibility index (Phi) is 4.57. The Labute approximate surface area is 122 Å². The molecule has 0 saturated heterocycles. The molecule has 2 rings (SSSR count). The van der Waals surface area contributed by atoms with Crippen LogP contribution in [0, 0.1) is 5.41 Å². The number of hydrogen-bond donors (Lipinski definition) is 3. The van der Waals surface area contributed by atoms with Gasteiger partial charge >= 0.3 is 5.97 Å². The minimum absolute atomic E-state index is 0.133. The zero-order valence-corrected chi connectivity index (χ0v) is 11.6. The molecule has 0 heterocycles. The zero-order chi connectivity index (χ0) is 15.3. The number of benzene rings is 1. The molecule has 112 valence electrons. The highest BCUT2D eigenvalue weighted by molar-refractivity contribution is 6.04. The van der Waals surface area contributed by atoms with Crippen molar-refractivity contribution in [2.24, 2.45) is 5.41 Å². The third-order valence-electron chi connectivity index (χ3n) is 3.56. The van der Waals surface area contributed by atoms with Crippen LogP contribution in [0.25, 0.3) is 0 Å². The summed E-state index contributed by atoms with van der Waals surface area (Å²) >= 11 is 0. The number of carboxylic acids is 1. The zero-order valence-electron chi connectivity index (χ0n) is 11.6. The molecule has 1 aliphatic carbocycles. The molecule has 3 N–H and O–H groups in total. The lowest BCUT2D eigenvalue weighted by molar-refractivity contribution is -0.149. The Balaban J connectivity index is 1.66. The topological polar surface area (TPSA) is 95.5 Å². The third-order valence-corrected chi connectivity index (χ3v) is 3.56. The van der Waals surface area contributed by atoms with Gasteiger partial charge in [-0.15, -0.1) is 0 Å². The highest BCUT2D eigenvalue weighted by Gasteiger charge is 2.56. The first-order valence-corrected chi connectivity index (χ1v) is 6.87. The molecule has 0 bridgehead atoms. The molecule has 6 heteroatoms. The van der Waals surface area contributed by atoms with Gasteiger partial charge in [-0.05, 0) is 18.4 Å². The van der Waals surface area contributed by atoms with Gasteiger partial charge in [-0.2, -0.15) is 0 Å². The quantitative estimate of drug-likeness (QED) is 0.643. The molecule has 2 amide bonds. The van der Waals surface area contributed by atoms with Crippen LogP contribution in [0.5, 0.6) is 0 Å². The molecular weight excluding hydrogens is 272 g/mol. The predicted molar refractivity (Wildman–Crippen MR) is 75.2 cm³/mol. The monoisotopic (exact) mass is 290 g/mol. The normalized spacial score (nSPS) is 15.0. The largest absolute Gasteiger partial charge is 0.480 e. The van der Waals surface area contributed by atoms with E-state index < -0.39 is 17.3 Å². The first-order chi connectivity index (χ1) is 10.0. The van der Waals surface area contributed by atoms with Crippen molar-refractivity contribution in [2.45, 2.75) is 25.8 Å². The average Bonchev–Trinajstić information content (AvgIpc) is 3.28. The summed E-state index contributed by atoms with van der Waals surface area (Å²) in [6.07, 6.45) is 0.872. The van der Waals surface area contributed by atoms with Crippen LogP contribution >= 0.6 is 0 Å². The van der Waals surface area contributed by atoms with Gasteiger partial charge in [0.25, 0.3) is 0 Å². The Bertz CT molecular complexity index is 538. The molecule has 1 aromatic rings. The maximum atomic E-state index is 11.7. The number of carbonyl (C=O) groups is 3. The molecule has 0 aromatic heterocycles. The van der Waals surface area contributed by atoms with E-state index in [1.807, 2.05) is 30.3 Å². The van der Waals surface area contributed by atoms with E-state index in [0.717, 1.165) is 5.56 Å². The van der Waals surface area contributed by atoms with Gasteiger partial charge in [0.2, 0.25) is 11.8 Å². The maximum absolute atomic E-state index is 11.7. The van der Waals surface area contributed by atoms with E-state index in [-0.39, 0.29) is 18.9 Å². The van der Waals surface area contributed by atoms with Gasteiger partial charge < -0.3 is 15.7 Å². The number of carboxylic acid groups (broad SMARTS) is 1. The van der Waals surface area contributed by atoms with Crippen LogP contribution in [-0.4, -0.2) is 29.4 Å². The van der Waals surface area contributed by atoms with E-state index in [1.165, 1.54) is 0 Å². The van der Waals surface area contributed by atoms with E-state index in [2.05, 4.69) is 10.6 Å². The molecule has 1 aromatic carbocycles. The van der Waals surface area contributed by atoms with Crippen molar-refractivity contribution < 1.29 is 19.5 Å². The molecule has 6 nitrogen and oxygen atoms in total. The Morgan fingerprint density at radius 2 is 1.76 bits per heavy atom. The Morgan fingerprint density at radius 1 is 1.10 bits per heavy atom. The molecule has 21 heavy (non-hydrogen) atoms. The first-order valence-electron chi connectivity index (χ1n) is 6.87. The number of amides is 2. The summed E-state index contributed by atoms with van der Waals surface area (Å²) in [5.41, 5.74) is -0.252. The Hall–Kier alpha value is -2.37. The number of rotatable bonds is 7.